The van der Waals surface area contributed by atoms with E-state index in [9.17, 15) is 0 Å². The van der Waals surface area contributed by atoms with E-state index in [1.54, 1.807) is 0 Å². The Bertz CT molecular complexity index is 500. The Hall–Kier alpha value is -1.54. The van der Waals surface area contributed by atoms with Crippen molar-refractivity contribution in [3.8, 4) is 0 Å². The highest BCUT2D eigenvalue weighted by Crippen LogP contribution is 2.32. The van der Waals surface area contributed by atoms with Gasteiger partial charge in [-0.05, 0) is 24.3 Å². The Kier molecular flexibility index (Phi) is 1.89. The smallest absolute Gasteiger partial charge is 0.133 e. The van der Waals surface area contributed by atoms with E-state index in [4.69, 9.17) is 11.6 Å². The quantitative estimate of drug-likeness (QED) is 0.650. The summed E-state index contributed by atoms with van der Waals surface area (Å²) < 4.78 is 0. The van der Waals surface area contributed by atoms with Crippen molar-refractivity contribution in [2.45, 2.75) is 6.54 Å². The van der Waals surface area contributed by atoms with Crippen LogP contribution in [0.5, 0.6) is 0 Å². The van der Waals surface area contributed by atoms with E-state index < -0.39 is 0 Å². The van der Waals surface area contributed by atoms with Gasteiger partial charge in [0.25, 0.3) is 0 Å². The molecular weight excluding hydrogens is 208 g/mol. The number of fused-ring (bicyclic) bond motifs is 2. The molecule has 0 aliphatic carbocycles. The molecule has 0 atom stereocenters. The minimum Gasteiger partial charge on any atom is -0.328 e. The van der Waals surface area contributed by atoms with Gasteiger partial charge in [-0.15, -0.1) is 0 Å². The number of rotatable bonds is 0. The van der Waals surface area contributed by atoms with Crippen LogP contribution >= 0.6 is 11.6 Å². The topological polar surface area (TPSA) is 15.6 Å². The van der Waals surface area contributed by atoms with E-state index in [2.05, 4.69) is 9.89 Å². The molecule has 0 spiro atoms. The van der Waals surface area contributed by atoms with Crippen LogP contribution in [0.15, 0.2) is 47.6 Å². The second-order valence-corrected chi connectivity index (χ2v) is 3.94. The zero-order valence-electron chi connectivity index (χ0n) is 8.02. The van der Waals surface area contributed by atoms with Crippen LogP contribution in [0.2, 0.25) is 5.02 Å². The number of hydrogen-bond donors (Lipinski definition) is 0. The number of nitrogens with zero attached hydrogens (tertiary/aromatic N) is 2. The van der Waals surface area contributed by atoms with Crippen molar-refractivity contribution in [1.29, 1.82) is 0 Å². The van der Waals surface area contributed by atoms with Crippen molar-refractivity contribution < 1.29 is 0 Å². The molecule has 0 saturated carbocycles. The molecule has 0 unspecified atom stereocenters. The number of halogens is 1. The van der Waals surface area contributed by atoms with Crippen molar-refractivity contribution in [2.24, 2.45) is 4.99 Å². The van der Waals surface area contributed by atoms with Gasteiger partial charge in [0, 0.05) is 16.8 Å². The van der Waals surface area contributed by atoms with Crippen LogP contribution in [0.3, 0.4) is 0 Å². The fourth-order valence-electron chi connectivity index (χ4n) is 1.80. The van der Waals surface area contributed by atoms with Crippen LogP contribution in [-0.4, -0.2) is 10.7 Å². The van der Waals surface area contributed by atoms with E-state index in [1.807, 2.05) is 42.6 Å². The van der Waals surface area contributed by atoms with E-state index in [-0.39, 0.29) is 0 Å². The first-order valence-electron chi connectivity index (χ1n) is 4.82. The Morgan fingerprint density at radius 3 is 3.13 bits per heavy atom. The maximum absolute atomic E-state index is 6.14. The molecule has 2 aliphatic rings. The van der Waals surface area contributed by atoms with Crippen LogP contribution in [-0.2, 0) is 6.54 Å². The maximum Gasteiger partial charge on any atom is 0.133 e. The summed E-state index contributed by atoms with van der Waals surface area (Å²) in [5, 5.41) is 0.790. The lowest BCUT2D eigenvalue weighted by atomic mass is 10.1. The molecule has 0 aromatic heterocycles. The Morgan fingerprint density at radius 1 is 1.27 bits per heavy atom. The summed E-state index contributed by atoms with van der Waals surface area (Å²) in [6.45, 7) is 0.800. The molecule has 2 nitrogen and oxygen atoms in total. The van der Waals surface area contributed by atoms with Crippen molar-refractivity contribution in [2.75, 3.05) is 0 Å². The molecule has 1 aromatic carbocycles. The first-order chi connectivity index (χ1) is 7.34. The SMILES string of the molecule is Clc1cccc2c1CN1C=CC=CC1=N2. The Balaban J connectivity index is 2.16. The highest BCUT2D eigenvalue weighted by atomic mass is 35.5. The monoisotopic (exact) mass is 216 g/mol. The molecule has 15 heavy (non-hydrogen) atoms. The van der Waals surface area contributed by atoms with Crippen molar-refractivity contribution >= 4 is 23.1 Å². The Labute approximate surface area is 93.2 Å². The van der Waals surface area contributed by atoms with Gasteiger partial charge in [-0.25, -0.2) is 4.99 Å². The maximum atomic E-state index is 6.14. The number of hydrogen-bond acceptors (Lipinski definition) is 2. The number of allylic oxidation sites excluding steroid dienone is 2. The summed E-state index contributed by atoms with van der Waals surface area (Å²) in [5.74, 6) is 0.979. The predicted octanol–water partition coefficient (Wildman–Crippen LogP) is 3.27. The normalized spacial score (nSPS) is 17.1. The van der Waals surface area contributed by atoms with Crippen molar-refractivity contribution in [3.63, 3.8) is 0 Å². The zero-order valence-corrected chi connectivity index (χ0v) is 8.78. The van der Waals surface area contributed by atoms with Gasteiger partial charge in [0.1, 0.15) is 5.84 Å². The highest BCUT2D eigenvalue weighted by Gasteiger charge is 2.18. The minimum absolute atomic E-state index is 0.790. The summed E-state index contributed by atoms with van der Waals surface area (Å²) in [7, 11) is 0. The van der Waals surface area contributed by atoms with Crippen molar-refractivity contribution in [3.05, 3.63) is 53.2 Å². The van der Waals surface area contributed by atoms with Crippen LogP contribution in [0.1, 0.15) is 5.56 Å². The van der Waals surface area contributed by atoms with Crippen molar-refractivity contribution in [1.82, 2.24) is 4.90 Å². The molecule has 3 heteroatoms. The summed E-state index contributed by atoms with van der Waals surface area (Å²) >= 11 is 6.14. The molecule has 0 N–H and O–H groups in total. The number of aliphatic imine (C=N–C) groups is 1. The average Bonchev–Trinajstić information content (AvgIpc) is 2.27. The van der Waals surface area contributed by atoms with Gasteiger partial charge in [0.2, 0.25) is 0 Å². The highest BCUT2D eigenvalue weighted by molar-refractivity contribution is 6.31. The van der Waals surface area contributed by atoms with Crippen LogP contribution in [0.4, 0.5) is 5.69 Å². The second kappa shape index (κ2) is 3.24. The first-order valence-corrected chi connectivity index (χ1v) is 5.20. The largest absolute Gasteiger partial charge is 0.328 e. The van der Waals surface area contributed by atoms with E-state index in [0.29, 0.717) is 0 Å². The summed E-state index contributed by atoms with van der Waals surface area (Å²) in [4.78, 5) is 6.64. The molecular formula is C12H9ClN2. The molecule has 2 aliphatic heterocycles. The van der Waals surface area contributed by atoms with Gasteiger partial charge >= 0.3 is 0 Å². The summed E-state index contributed by atoms with van der Waals surface area (Å²) in [6.07, 6.45) is 8.01. The van der Waals surface area contributed by atoms with Gasteiger partial charge in [-0.3, -0.25) is 0 Å². The molecule has 74 valence electrons. The summed E-state index contributed by atoms with van der Waals surface area (Å²) in [6, 6.07) is 5.84. The molecule has 0 saturated heterocycles. The van der Waals surface area contributed by atoms with E-state index >= 15 is 0 Å². The van der Waals surface area contributed by atoms with E-state index in [0.717, 1.165) is 28.7 Å². The number of benzene rings is 1. The third-order valence-electron chi connectivity index (χ3n) is 2.57. The third-order valence-corrected chi connectivity index (χ3v) is 2.93. The standard InChI is InChI=1S/C12H9ClN2/c13-10-4-3-5-11-9(10)8-15-7-2-1-6-12(15)14-11/h1-7H,8H2. The summed E-state index contributed by atoms with van der Waals surface area (Å²) in [5.41, 5.74) is 2.08. The molecule has 0 radical (unpaired) electrons. The predicted molar refractivity (Wildman–Crippen MR) is 62.4 cm³/mol. The zero-order chi connectivity index (χ0) is 10.3. The molecule has 0 fully saturated rings. The third kappa shape index (κ3) is 1.38. The van der Waals surface area contributed by atoms with Gasteiger partial charge in [0.15, 0.2) is 0 Å². The fraction of sp³-hybridized carbons (Fsp3) is 0.0833. The van der Waals surface area contributed by atoms with Crippen LogP contribution in [0, 0.1) is 0 Å². The van der Waals surface area contributed by atoms with E-state index in [1.165, 1.54) is 0 Å². The number of amidine groups is 1. The van der Waals surface area contributed by atoms with Gasteiger partial charge in [0.05, 0.1) is 12.2 Å². The second-order valence-electron chi connectivity index (χ2n) is 3.54. The molecule has 0 bridgehead atoms. The van der Waals surface area contributed by atoms with Gasteiger partial charge in [-0.1, -0.05) is 23.7 Å². The lowest BCUT2D eigenvalue weighted by molar-refractivity contribution is 0.544. The lowest BCUT2D eigenvalue weighted by Gasteiger charge is -2.27. The van der Waals surface area contributed by atoms with Crippen LogP contribution in [0.25, 0.3) is 0 Å². The van der Waals surface area contributed by atoms with Gasteiger partial charge < -0.3 is 4.90 Å². The first kappa shape index (κ1) is 8.74. The molecule has 0 amide bonds. The molecule has 2 heterocycles. The fourth-order valence-corrected chi connectivity index (χ4v) is 2.03. The average molecular weight is 217 g/mol. The van der Waals surface area contributed by atoms with Crippen LogP contribution < -0.4 is 0 Å². The molecule has 3 rings (SSSR count). The lowest BCUT2D eigenvalue weighted by Crippen LogP contribution is -2.27. The van der Waals surface area contributed by atoms with Gasteiger partial charge in [-0.2, -0.15) is 0 Å². The Morgan fingerprint density at radius 2 is 2.20 bits per heavy atom. The minimum atomic E-state index is 0.790. The molecule has 1 aromatic rings.